The quantitative estimate of drug-likeness (QED) is 0.796. The van der Waals surface area contributed by atoms with E-state index in [9.17, 15) is 4.79 Å². The van der Waals surface area contributed by atoms with E-state index in [1.165, 1.54) is 11.3 Å². The van der Waals surface area contributed by atoms with Gasteiger partial charge in [0.25, 0.3) is 0 Å². The number of hydrogen-bond acceptors (Lipinski definition) is 4. The van der Waals surface area contributed by atoms with E-state index in [-0.39, 0.29) is 12.3 Å². The first-order valence-corrected chi connectivity index (χ1v) is 7.86. The number of aryl methyl sites for hydroxylation is 1. The number of nitrogens with zero attached hydrogens (tertiary/aromatic N) is 3. The van der Waals surface area contributed by atoms with Crippen LogP contribution in [0.5, 0.6) is 0 Å². The Hall–Kier alpha value is -2.18. The van der Waals surface area contributed by atoms with Gasteiger partial charge < -0.3 is 5.32 Å². The van der Waals surface area contributed by atoms with Crippen molar-refractivity contribution in [2.75, 3.05) is 5.32 Å². The molecule has 0 fully saturated rings. The molecule has 2 heterocycles. The number of rotatable bonds is 4. The molecule has 0 saturated heterocycles. The van der Waals surface area contributed by atoms with Gasteiger partial charge in [-0.15, -0.1) is 11.3 Å². The summed E-state index contributed by atoms with van der Waals surface area (Å²) in [6.07, 6.45) is 1.98. The number of nitrogens with one attached hydrogen (secondary N) is 1. The van der Waals surface area contributed by atoms with Crippen molar-refractivity contribution in [1.29, 1.82) is 0 Å². The molecule has 0 aliphatic rings. The van der Waals surface area contributed by atoms with E-state index in [1.54, 1.807) is 24.0 Å². The Balaban J connectivity index is 1.69. The zero-order valence-electron chi connectivity index (χ0n) is 11.8. The topological polar surface area (TPSA) is 59.8 Å². The van der Waals surface area contributed by atoms with Crippen molar-refractivity contribution in [2.45, 2.75) is 6.42 Å². The second-order valence-electron chi connectivity index (χ2n) is 4.72. The molecular weight excluding hydrogens is 320 g/mol. The number of halogens is 1. The summed E-state index contributed by atoms with van der Waals surface area (Å²) in [6.45, 7) is 0. The average molecular weight is 333 g/mol. The molecule has 1 N–H and O–H groups in total. The molecule has 0 unspecified atom stereocenters. The molecule has 0 aliphatic carbocycles. The Morgan fingerprint density at radius 1 is 1.36 bits per heavy atom. The summed E-state index contributed by atoms with van der Waals surface area (Å²) < 4.78 is 1.63. The second kappa shape index (κ2) is 6.29. The lowest BCUT2D eigenvalue weighted by Gasteiger charge is -2.00. The van der Waals surface area contributed by atoms with Crippen molar-refractivity contribution in [1.82, 2.24) is 14.8 Å². The van der Waals surface area contributed by atoms with Gasteiger partial charge in [-0.2, -0.15) is 5.10 Å². The molecule has 0 atom stereocenters. The summed E-state index contributed by atoms with van der Waals surface area (Å²) in [5.74, 6) is 0.392. The SMILES string of the molecule is Cn1ccc(NC(=O)Cc2csc(-c3ccccc3Cl)n2)n1. The van der Waals surface area contributed by atoms with Crippen LogP contribution in [0.1, 0.15) is 5.69 Å². The second-order valence-corrected chi connectivity index (χ2v) is 5.99. The van der Waals surface area contributed by atoms with E-state index in [4.69, 9.17) is 11.6 Å². The standard InChI is InChI=1S/C15H13ClN4OS/c1-20-7-6-13(19-20)18-14(21)8-10-9-22-15(17-10)11-4-2-3-5-12(11)16/h2-7,9H,8H2,1H3,(H,18,19,21). The van der Waals surface area contributed by atoms with E-state index < -0.39 is 0 Å². The van der Waals surface area contributed by atoms with E-state index in [1.807, 2.05) is 29.6 Å². The van der Waals surface area contributed by atoms with Crippen LogP contribution in [-0.4, -0.2) is 20.7 Å². The highest BCUT2D eigenvalue weighted by Gasteiger charge is 2.11. The van der Waals surface area contributed by atoms with Crippen LogP contribution in [0.4, 0.5) is 5.82 Å². The van der Waals surface area contributed by atoms with Crippen LogP contribution in [0.15, 0.2) is 41.9 Å². The third-order valence-electron chi connectivity index (χ3n) is 2.98. The molecule has 5 nitrogen and oxygen atoms in total. The molecule has 1 aromatic carbocycles. The number of benzene rings is 1. The first-order valence-electron chi connectivity index (χ1n) is 6.60. The number of thiazole rings is 1. The van der Waals surface area contributed by atoms with Gasteiger partial charge in [0.05, 0.1) is 17.1 Å². The highest BCUT2D eigenvalue weighted by Crippen LogP contribution is 2.30. The normalized spacial score (nSPS) is 10.6. The van der Waals surface area contributed by atoms with Gasteiger partial charge in [0.1, 0.15) is 5.01 Å². The zero-order valence-corrected chi connectivity index (χ0v) is 13.4. The fourth-order valence-electron chi connectivity index (χ4n) is 1.98. The molecule has 0 saturated carbocycles. The maximum atomic E-state index is 12.0. The molecule has 7 heteroatoms. The number of anilines is 1. The summed E-state index contributed by atoms with van der Waals surface area (Å²) in [5.41, 5.74) is 1.60. The first kappa shape index (κ1) is 14.7. The molecule has 112 valence electrons. The minimum Gasteiger partial charge on any atom is -0.309 e. The molecule has 3 rings (SSSR count). The van der Waals surface area contributed by atoms with Gasteiger partial charge in [-0.3, -0.25) is 9.48 Å². The third kappa shape index (κ3) is 3.35. The first-order chi connectivity index (χ1) is 10.6. The molecule has 1 amide bonds. The predicted molar refractivity (Wildman–Crippen MR) is 88.1 cm³/mol. The Labute approximate surface area is 136 Å². The van der Waals surface area contributed by atoms with Crippen LogP contribution in [0.2, 0.25) is 5.02 Å². The van der Waals surface area contributed by atoms with Crippen LogP contribution in [0, 0.1) is 0 Å². The van der Waals surface area contributed by atoms with Gasteiger partial charge in [0, 0.05) is 30.3 Å². The van der Waals surface area contributed by atoms with Crippen LogP contribution in [0.3, 0.4) is 0 Å². The van der Waals surface area contributed by atoms with E-state index in [0.29, 0.717) is 16.5 Å². The largest absolute Gasteiger partial charge is 0.309 e. The Morgan fingerprint density at radius 2 is 2.18 bits per heavy atom. The summed E-state index contributed by atoms with van der Waals surface area (Å²) in [7, 11) is 1.80. The smallest absolute Gasteiger partial charge is 0.231 e. The highest BCUT2D eigenvalue weighted by atomic mass is 35.5. The van der Waals surface area contributed by atoms with E-state index in [2.05, 4.69) is 15.4 Å². The lowest BCUT2D eigenvalue weighted by atomic mass is 10.2. The molecule has 2 aromatic heterocycles. The monoisotopic (exact) mass is 332 g/mol. The molecule has 0 radical (unpaired) electrons. The average Bonchev–Trinajstić information content (AvgIpc) is 3.09. The minimum atomic E-state index is -0.144. The molecule has 0 aliphatic heterocycles. The maximum Gasteiger partial charge on any atom is 0.231 e. The van der Waals surface area contributed by atoms with Crippen LogP contribution in [0.25, 0.3) is 10.6 Å². The number of hydrogen-bond donors (Lipinski definition) is 1. The van der Waals surface area contributed by atoms with Gasteiger partial charge >= 0.3 is 0 Å². The van der Waals surface area contributed by atoms with Crippen LogP contribution < -0.4 is 5.32 Å². The van der Waals surface area contributed by atoms with E-state index >= 15 is 0 Å². The van der Waals surface area contributed by atoms with Crippen molar-refractivity contribution < 1.29 is 4.79 Å². The number of carbonyl (C=O) groups excluding carboxylic acids is 1. The lowest BCUT2D eigenvalue weighted by molar-refractivity contribution is -0.115. The molecule has 22 heavy (non-hydrogen) atoms. The third-order valence-corrected chi connectivity index (χ3v) is 4.23. The van der Waals surface area contributed by atoms with Gasteiger partial charge in [0.15, 0.2) is 5.82 Å². The number of aromatic nitrogens is 3. The molecule has 3 aromatic rings. The molecule has 0 bridgehead atoms. The van der Waals surface area contributed by atoms with Gasteiger partial charge in [-0.1, -0.05) is 29.8 Å². The fourth-order valence-corrected chi connectivity index (χ4v) is 3.12. The van der Waals surface area contributed by atoms with Gasteiger partial charge in [0.2, 0.25) is 5.91 Å². The van der Waals surface area contributed by atoms with Gasteiger partial charge in [-0.05, 0) is 6.07 Å². The predicted octanol–water partition coefficient (Wildman–Crippen LogP) is 3.38. The number of amides is 1. The summed E-state index contributed by atoms with van der Waals surface area (Å²) in [4.78, 5) is 16.5. The Morgan fingerprint density at radius 3 is 2.91 bits per heavy atom. The maximum absolute atomic E-state index is 12.0. The van der Waals surface area contributed by atoms with Crippen LogP contribution >= 0.6 is 22.9 Å². The van der Waals surface area contributed by atoms with Crippen molar-refractivity contribution in [3.8, 4) is 10.6 Å². The zero-order chi connectivity index (χ0) is 15.5. The summed E-state index contributed by atoms with van der Waals surface area (Å²) >= 11 is 7.63. The summed E-state index contributed by atoms with van der Waals surface area (Å²) in [5, 5.41) is 10.2. The Bertz CT molecular complexity index is 811. The highest BCUT2D eigenvalue weighted by molar-refractivity contribution is 7.13. The Kier molecular flexibility index (Phi) is 4.22. The fraction of sp³-hybridized carbons (Fsp3) is 0.133. The summed E-state index contributed by atoms with van der Waals surface area (Å²) in [6, 6.07) is 9.27. The number of carbonyl (C=O) groups is 1. The van der Waals surface area contributed by atoms with Crippen molar-refractivity contribution in [3.05, 3.63) is 52.6 Å². The van der Waals surface area contributed by atoms with Crippen molar-refractivity contribution in [3.63, 3.8) is 0 Å². The molecular formula is C15H13ClN4OS. The van der Waals surface area contributed by atoms with Crippen molar-refractivity contribution in [2.24, 2.45) is 7.05 Å². The lowest BCUT2D eigenvalue weighted by Crippen LogP contribution is -2.15. The van der Waals surface area contributed by atoms with Crippen molar-refractivity contribution >= 4 is 34.7 Å². The molecule has 0 spiro atoms. The minimum absolute atomic E-state index is 0.144. The van der Waals surface area contributed by atoms with Crippen LogP contribution in [-0.2, 0) is 18.3 Å². The van der Waals surface area contributed by atoms with Gasteiger partial charge in [-0.25, -0.2) is 4.98 Å². The van der Waals surface area contributed by atoms with E-state index in [0.717, 1.165) is 10.6 Å².